The number of nitrogens with zero attached hydrogens (tertiary/aromatic N) is 1. The van der Waals surface area contributed by atoms with E-state index in [2.05, 4.69) is 53.4 Å². The Kier molecular flexibility index (Phi) is 2.77. The van der Waals surface area contributed by atoms with Crippen molar-refractivity contribution in [2.45, 2.75) is 19.0 Å². The topological polar surface area (TPSA) is 3.24 Å². The lowest BCUT2D eigenvalue weighted by molar-refractivity contribution is 0.879. The molecule has 1 aliphatic rings. The van der Waals surface area contributed by atoms with Gasteiger partial charge in [-0.15, -0.1) is 11.6 Å². The van der Waals surface area contributed by atoms with Crippen molar-refractivity contribution in [3.05, 3.63) is 65.2 Å². The van der Waals surface area contributed by atoms with Gasteiger partial charge in [-0.3, -0.25) is 0 Å². The van der Waals surface area contributed by atoms with Crippen LogP contribution in [0.3, 0.4) is 0 Å². The predicted molar refractivity (Wildman–Crippen MR) is 72.3 cm³/mol. The van der Waals surface area contributed by atoms with Crippen molar-refractivity contribution in [2.24, 2.45) is 0 Å². The molecule has 1 heterocycles. The third-order valence-corrected chi connectivity index (χ3v) is 3.58. The van der Waals surface area contributed by atoms with E-state index in [1.807, 2.05) is 0 Å². The zero-order chi connectivity index (χ0) is 11.7. The van der Waals surface area contributed by atoms with Crippen LogP contribution >= 0.6 is 11.6 Å². The fourth-order valence-electron chi connectivity index (χ4n) is 2.35. The zero-order valence-corrected chi connectivity index (χ0v) is 10.3. The molecule has 17 heavy (non-hydrogen) atoms. The summed E-state index contributed by atoms with van der Waals surface area (Å²) < 4.78 is 0. The van der Waals surface area contributed by atoms with Crippen molar-refractivity contribution in [1.29, 1.82) is 0 Å². The van der Waals surface area contributed by atoms with E-state index >= 15 is 0 Å². The summed E-state index contributed by atoms with van der Waals surface area (Å²) in [5.41, 5.74) is 5.31. The first kappa shape index (κ1) is 10.7. The molecule has 0 aromatic heterocycles. The van der Waals surface area contributed by atoms with Crippen LogP contribution in [0, 0.1) is 0 Å². The average molecular weight is 244 g/mol. The Morgan fingerprint density at radius 2 is 1.65 bits per heavy atom. The van der Waals surface area contributed by atoms with Gasteiger partial charge in [-0.05, 0) is 28.8 Å². The van der Waals surface area contributed by atoms with Gasteiger partial charge < -0.3 is 4.90 Å². The lowest BCUT2D eigenvalue weighted by Gasteiger charge is -2.18. The second-order valence-electron chi connectivity index (χ2n) is 4.43. The first-order valence-electron chi connectivity index (χ1n) is 5.83. The largest absolute Gasteiger partial charge is 0.363 e. The summed E-state index contributed by atoms with van der Waals surface area (Å²) >= 11 is 5.88. The fourth-order valence-corrected chi connectivity index (χ4v) is 2.52. The van der Waals surface area contributed by atoms with Gasteiger partial charge in [0.25, 0.3) is 0 Å². The van der Waals surface area contributed by atoms with Crippen molar-refractivity contribution in [3.8, 4) is 0 Å². The molecule has 0 unspecified atom stereocenters. The smallest absolute Gasteiger partial charge is 0.0474 e. The molecule has 3 rings (SSSR count). The van der Waals surface area contributed by atoms with Gasteiger partial charge in [-0.1, -0.05) is 36.4 Å². The number of alkyl halides is 1. The Bertz CT molecular complexity index is 511. The first-order chi connectivity index (χ1) is 8.36. The highest BCUT2D eigenvalue weighted by molar-refractivity contribution is 6.17. The Hall–Kier alpha value is -1.47. The van der Waals surface area contributed by atoms with Crippen molar-refractivity contribution in [2.75, 3.05) is 4.90 Å². The summed E-state index contributed by atoms with van der Waals surface area (Å²) in [7, 11) is 0. The van der Waals surface area contributed by atoms with E-state index in [1.165, 1.54) is 22.4 Å². The molecule has 0 aliphatic carbocycles. The van der Waals surface area contributed by atoms with E-state index in [0.29, 0.717) is 5.88 Å². The van der Waals surface area contributed by atoms with E-state index in [4.69, 9.17) is 11.6 Å². The Morgan fingerprint density at radius 3 is 2.29 bits per heavy atom. The molecule has 1 nitrogen and oxygen atoms in total. The highest BCUT2D eigenvalue weighted by Gasteiger charge is 2.18. The van der Waals surface area contributed by atoms with E-state index in [1.54, 1.807) is 0 Å². The van der Waals surface area contributed by atoms with Crippen molar-refractivity contribution in [1.82, 2.24) is 0 Å². The molecule has 0 radical (unpaired) electrons. The summed E-state index contributed by atoms with van der Waals surface area (Å²) in [6.07, 6.45) is 0. The highest BCUT2D eigenvalue weighted by Crippen LogP contribution is 2.28. The fraction of sp³-hybridized carbons (Fsp3) is 0.200. The molecule has 1 aliphatic heterocycles. The number of anilines is 1. The molecule has 2 aromatic rings. The molecule has 2 aromatic carbocycles. The molecule has 0 spiro atoms. The first-order valence-corrected chi connectivity index (χ1v) is 6.37. The Labute approximate surface area is 107 Å². The normalized spacial score (nSPS) is 13.8. The summed E-state index contributed by atoms with van der Waals surface area (Å²) in [4.78, 5) is 2.39. The maximum absolute atomic E-state index is 5.88. The standard InChI is InChI=1S/C15H14ClN/c16-9-12-4-3-7-15(8-12)17-10-13-5-1-2-6-14(13)11-17/h1-8H,9-11H2. The Balaban J connectivity index is 1.88. The lowest BCUT2D eigenvalue weighted by Crippen LogP contribution is -2.14. The molecule has 0 atom stereocenters. The molecular formula is C15H14ClN. The van der Waals surface area contributed by atoms with Crippen LogP contribution in [-0.2, 0) is 19.0 Å². The minimum Gasteiger partial charge on any atom is -0.363 e. The van der Waals surface area contributed by atoms with Crippen LogP contribution in [0.15, 0.2) is 48.5 Å². The molecule has 0 amide bonds. The average Bonchev–Trinajstić information content (AvgIpc) is 2.82. The van der Waals surface area contributed by atoms with Gasteiger partial charge >= 0.3 is 0 Å². The monoisotopic (exact) mass is 243 g/mol. The molecule has 0 saturated heterocycles. The van der Waals surface area contributed by atoms with Crippen LogP contribution in [-0.4, -0.2) is 0 Å². The quantitative estimate of drug-likeness (QED) is 0.722. The Morgan fingerprint density at radius 1 is 0.941 bits per heavy atom. The third kappa shape index (κ3) is 2.03. The molecular weight excluding hydrogens is 230 g/mol. The minimum absolute atomic E-state index is 0.578. The molecule has 0 bridgehead atoms. The number of benzene rings is 2. The van der Waals surface area contributed by atoms with Crippen molar-refractivity contribution in [3.63, 3.8) is 0 Å². The highest BCUT2D eigenvalue weighted by atomic mass is 35.5. The lowest BCUT2D eigenvalue weighted by atomic mass is 10.1. The van der Waals surface area contributed by atoms with E-state index < -0.39 is 0 Å². The van der Waals surface area contributed by atoms with E-state index in [-0.39, 0.29) is 0 Å². The van der Waals surface area contributed by atoms with Gasteiger partial charge in [0, 0.05) is 24.7 Å². The summed E-state index contributed by atoms with van der Waals surface area (Å²) in [5.74, 6) is 0.578. The zero-order valence-electron chi connectivity index (χ0n) is 9.57. The minimum atomic E-state index is 0.578. The maximum Gasteiger partial charge on any atom is 0.0474 e. The molecule has 0 N–H and O–H groups in total. The van der Waals surface area contributed by atoms with E-state index in [9.17, 15) is 0 Å². The maximum atomic E-state index is 5.88. The van der Waals surface area contributed by atoms with Crippen LogP contribution in [0.1, 0.15) is 16.7 Å². The third-order valence-electron chi connectivity index (χ3n) is 3.27. The number of hydrogen-bond donors (Lipinski definition) is 0. The number of hydrogen-bond acceptors (Lipinski definition) is 1. The van der Waals surface area contributed by atoms with Crippen LogP contribution in [0.4, 0.5) is 5.69 Å². The van der Waals surface area contributed by atoms with Crippen LogP contribution in [0.2, 0.25) is 0 Å². The van der Waals surface area contributed by atoms with Crippen LogP contribution in [0.5, 0.6) is 0 Å². The number of halogens is 1. The second kappa shape index (κ2) is 4.42. The van der Waals surface area contributed by atoms with Crippen LogP contribution < -0.4 is 4.90 Å². The molecule has 86 valence electrons. The van der Waals surface area contributed by atoms with E-state index in [0.717, 1.165) is 13.1 Å². The van der Waals surface area contributed by atoms with Crippen LogP contribution in [0.25, 0.3) is 0 Å². The van der Waals surface area contributed by atoms with Crippen molar-refractivity contribution < 1.29 is 0 Å². The molecule has 0 saturated carbocycles. The van der Waals surface area contributed by atoms with Gasteiger partial charge in [-0.25, -0.2) is 0 Å². The molecule has 0 fully saturated rings. The van der Waals surface area contributed by atoms with Gasteiger partial charge in [-0.2, -0.15) is 0 Å². The van der Waals surface area contributed by atoms with Gasteiger partial charge in [0.15, 0.2) is 0 Å². The molecule has 2 heteroatoms. The summed E-state index contributed by atoms with van der Waals surface area (Å²) in [6.45, 7) is 2.00. The summed E-state index contributed by atoms with van der Waals surface area (Å²) in [5, 5.41) is 0. The van der Waals surface area contributed by atoms with Crippen molar-refractivity contribution >= 4 is 17.3 Å². The van der Waals surface area contributed by atoms with Gasteiger partial charge in [0.1, 0.15) is 0 Å². The number of rotatable bonds is 2. The predicted octanol–water partition coefficient (Wildman–Crippen LogP) is 3.95. The SMILES string of the molecule is ClCc1cccc(N2Cc3ccccc3C2)c1. The number of fused-ring (bicyclic) bond motifs is 1. The van der Waals surface area contributed by atoms with Gasteiger partial charge in [0.2, 0.25) is 0 Å². The second-order valence-corrected chi connectivity index (χ2v) is 4.70. The summed E-state index contributed by atoms with van der Waals surface area (Å²) in [6, 6.07) is 17.1. The van der Waals surface area contributed by atoms with Gasteiger partial charge in [0.05, 0.1) is 0 Å².